The van der Waals surface area contributed by atoms with Gasteiger partial charge in [0.1, 0.15) is 4.75 Å². The van der Waals surface area contributed by atoms with Crippen molar-refractivity contribution in [2.24, 2.45) is 10.3 Å². The largest absolute Gasteiger partial charge is 0.237 e. The Bertz CT molecular complexity index is 529. The number of rotatable bonds is 2. The molecular formula is C7H12N2O4S2. The first-order valence-electron chi connectivity index (χ1n) is 4.01. The van der Waals surface area contributed by atoms with Gasteiger partial charge in [0.25, 0.3) is 0 Å². The zero-order valence-electron chi connectivity index (χ0n) is 8.04. The molecule has 0 spiro atoms. The summed E-state index contributed by atoms with van der Waals surface area (Å²) < 4.78 is 42.9. The summed E-state index contributed by atoms with van der Waals surface area (Å²) in [7, 11) is -7.54. The molecule has 86 valence electrons. The fourth-order valence-corrected chi connectivity index (χ4v) is 2.27. The van der Waals surface area contributed by atoms with Crippen molar-refractivity contribution in [1.29, 1.82) is 0 Å². The molecule has 0 aromatic rings. The predicted molar refractivity (Wildman–Crippen MR) is 56.5 cm³/mol. The standard InChI is InChI=1S/C7H12N2O4S2/c1-7(15(9,12)13)4-2-6(3-5-7)14(8,10)11/h2-4H,5H2,1H3,(H2,8,10,11)(H2,9,12,13). The molecule has 0 heterocycles. The van der Waals surface area contributed by atoms with E-state index in [2.05, 4.69) is 0 Å². The molecule has 0 aromatic carbocycles. The molecule has 0 aromatic heterocycles. The van der Waals surface area contributed by atoms with Crippen LogP contribution in [0.3, 0.4) is 0 Å². The number of hydrogen-bond donors (Lipinski definition) is 2. The molecule has 0 aliphatic heterocycles. The van der Waals surface area contributed by atoms with Crippen LogP contribution in [-0.2, 0) is 20.0 Å². The summed E-state index contributed by atoms with van der Waals surface area (Å²) in [5.74, 6) is 0. The molecular weight excluding hydrogens is 240 g/mol. The van der Waals surface area contributed by atoms with Crippen LogP contribution in [0.2, 0.25) is 0 Å². The molecule has 0 saturated heterocycles. The van der Waals surface area contributed by atoms with Gasteiger partial charge >= 0.3 is 0 Å². The predicted octanol–water partition coefficient (Wildman–Crippen LogP) is -0.834. The number of allylic oxidation sites excluding steroid dienone is 2. The lowest BCUT2D eigenvalue weighted by Crippen LogP contribution is -2.39. The molecule has 6 nitrogen and oxygen atoms in total. The van der Waals surface area contributed by atoms with Crippen molar-refractivity contribution in [2.75, 3.05) is 0 Å². The summed E-state index contributed by atoms with van der Waals surface area (Å²) in [6, 6.07) is 0. The second-order valence-corrected chi connectivity index (χ2v) is 7.13. The Morgan fingerprint density at radius 3 is 2.07 bits per heavy atom. The number of nitrogens with two attached hydrogens (primary N) is 2. The third kappa shape index (κ3) is 2.46. The Morgan fingerprint density at radius 1 is 1.27 bits per heavy atom. The van der Waals surface area contributed by atoms with Gasteiger partial charge in [-0.15, -0.1) is 0 Å². The van der Waals surface area contributed by atoms with Gasteiger partial charge in [-0.2, -0.15) is 0 Å². The van der Waals surface area contributed by atoms with Crippen LogP contribution in [0.15, 0.2) is 23.1 Å². The summed E-state index contributed by atoms with van der Waals surface area (Å²) in [5.41, 5.74) is 0. The van der Waals surface area contributed by atoms with E-state index in [-0.39, 0.29) is 11.3 Å². The van der Waals surface area contributed by atoms with Crippen LogP contribution in [0.1, 0.15) is 13.3 Å². The van der Waals surface area contributed by atoms with Gasteiger partial charge in [-0.05, 0) is 19.4 Å². The van der Waals surface area contributed by atoms with Crippen LogP contribution in [0.25, 0.3) is 0 Å². The molecule has 1 rings (SSSR count). The quantitative estimate of drug-likeness (QED) is 0.666. The molecule has 0 saturated carbocycles. The van der Waals surface area contributed by atoms with E-state index in [9.17, 15) is 16.8 Å². The van der Waals surface area contributed by atoms with E-state index in [4.69, 9.17) is 10.3 Å². The van der Waals surface area contributed by atoms with Gasteiger partial charge in [-0.3, -0.25) is 0 Å². The van der Waals surface area contributed by atoms with E-state index in [0.29, 0.717) is 0 Å². The first-order valence-corrected chi connectivity index (χ1v) is 7.10. The molecule has 4 N–H and O–H groups in total. The second kappa shape index (κ2) is 3.41. The molecule has 1 aliphatic rings. The highest BCUT2D eigenvalue weighted by molar-refractivity contribution is 7.93. The highest BCUT2D eigenvalue weighted by atomic mass is 32.2. The van der Waals surface area contributed by atoms with Crippen molar-refractivity contribution in [3.05, 3.63) is 23.1 Å². The normalized spacial score (nSPS) is 27.5. The van der Waals surface area contributed by atoms with Gasteiger partial charge in [-0.25, -0.2) is 27.1 Å². The summed E-state index contributed by atoms with van der Waals surface area (Å²) in [5, 5.41) is 9.89. The minimum Gasteiger partial charge on any atom is -0.228 e. The van der Waals surface area contributed by atoms with E-state index in [0.717, 1.165) is 6.08 Å². The van der Waals surface area contributed by atoms with Crippen LogP contribution < -0.4 is 10.3 Å². The second-order valence-electron chi connectivity index (χ2n) is 3.55. The fourth-order valence-electron chi connectivity index (χ4n) is 1.12. The maximum atomic E-state index is 11.2. The lowest BCUT2D eigenvalue weighted by atomic mass is 10.0. The molecule has 1 atom stereocenters. The Morgan fingerprint density at radius 2 is 1.80 bits per heavy atom. The van der Waals surface area contributed by atoms with Gasteiger partial charge in [0.05, 0.1) is 4.91 Å². The Kier molecular flexibility index (Phi) is 2.81. The Balaban J connectivity index is 3.10. The van der Waals surface area contributed by atoms with E-state index in [1.165, 1.54) is 19.1 Å². The van der Waals surface area contributed by atoms with Crippen molar-refractivity contribution < 1.29 is 16.8 Å². The molecule has 8 heteroatoms. The highest BCUT2D eigenvalue weighted by Gasteiger charge is 2.35. The van der Waals surface area contributed by atoms with Gasteiger partial charge in [0, 0.05) is 0 Å². The summed E-state index contributed by atoms with van der Waals surface area (Å²) >= 11 is 0. The Labute approximate surface area is 88.7 Å². The molecule has 1 unspecified atom stereocenters. The van der Waals surface area contributed by atoms with Gasteiger partial charge in [-0.1, -0.05) is 12.2 Å². The number of sulfonamides is 2. The third-order valence-electron chi connectivity index (χ3n) is 2.29. The van der Waals surface area contributed by atoms with Gasteiger partial charge < -0.3 is 0 Å². The topological polar surface area (TPSA) is 120 Å². The number of primary sulfonamides is 2. The molecule has 0 fully saturated rings. The van der Waals surface area contributed by atoms with Crippen LogP contribution in [0, 0.1) is 0 Å². The summed E-state index contributed by atoms with van der Waals surface area (Å²) in [6.45, 7) is 1.41. The van der Waals surface area contributed by atoms with Crippen LogP contribution >= 0.6 is 0 Å². The lowest BCUT2D eigenvalue weighted by molar-refractivity contribution is 0.563. The molecule has 0 bridgehead atoms. The Hall–Kier alpha value is -0.700. The minimum absolute atomic E-state index is 0.00586. The summed E-state index contributed by atoms with van der Waals surface area (Å²) in [6.07, 6.45) is 3.64. The van der Waals surface area contributed by atoms with Crippen molar-refractivity contribution in [1.82, 2.24) is 0 Å². The average Bonchev–Trinajstić information content (AvgIpc) is 2.01. The van der Waals surface area contributed by atoms with Crippen LogP contribution in [0.4, 0.5) is 0 Å². The first-order chi connectivity index (χ1) is 6.56. The zero-order valence-corrected chi connectivity index (χ0v) is 9.68. The maximum Gasteiger partial charge on any atom is 0.237 e. The van der Waals surface area contributed by atoms with Crippen molar-refractivity contribution in [3.8, 4) is 0 Å². The SMILES string of the molecule is CC1(S(N)(=O)=O)C=CC(S(N)(=O)=O)=CC1. The monoisotopic (exact) mass is 252 g/mol. The van der Waals surface area contributed by atoms with Crippen LogP contribution in [-0.4, -0.2) is 21.6 Å². The van der Waals surface area contributed by atoms with E-state index in [1.807, 2.05) is 0 Å². The number of hydrogen-bond acceptors (Lipinski definition) is 4. The van der Waals surface area contributed by atoms with Gasteiger partial charge in [0.2, 0.25) is 20.0 Å². The van der Waals surface area contributed by atoms with Crippen molar-refractivity contribution in [3.63, 3.8) is 0 Å². The maximum absolute atomic E-state index is 11.2. The zero-order chi connectivity index (χ0) is 11.9. The van der Waals surface area contributed by atoms with Crippen molar-refractivity contribution >= 4 is 20.0 Å². The summed E-state index contributed by atoms with van der Waals surface area (Å²) in [4.78, 5) is -0.0939. The smallest absolute Gasteiger partial charge is 0.228 e. The lowest BCUT2D eigenvalue weighted by Gasteiger charge is -2.24. The fraction of sp³-hybridized carbons (Fsp3) is 0.429. The highest BCUT2D eigenvalue weighted by Crippen LogP contribution is 2.27. The molecule has 15 heavy (non-hydrogen) atoms. The molecule has 0 radical (unpaired) electrons. The third-order valence-corrected chi connectivity index (χ3v) is 4.85. The van der Waals surface area contributed by atoms with Crippen LogP contribution in [0.5, 0.6) is 0 Å². The average molecular weight is 252 g/mol. The molecule has 1 aliphatic carbocycles. The van der Waals surface area contributed by atoms with E-state index < -0.39 is 24.8 Å². The first kappa shape index (κ1) is 12.4. The van der Waals surface area contributed by atoms with E-state index >= 15 is 0 Å². The molecule has 0 amide bonds. The van der Waals surface area contributed by atoms with Gasteiger partial charge in [0.15, 0.2) is 0 Å². The minimum atomic E-state index is -3.78. The van der Waals surface area contributed by atoms with E-state index in [1.54, 1.807) is 0 Å². The van der Waals surface area contributed by atoms with Crippen molar-refractivity contribution in [2.45, 2.75) is 18.1 Å².